The van der Waals surface area contributed by atoms with Gasteiger partial charge in [-0.15, -0.1) is 0 Å². The van der Waals surface area contributed by atoms with Gasteiger partial charge in [0, 0.05) is 6.54 Å². The monoisotopic (exact) mass is 234 g/mol. The van der Waals surface area contributed by atoms with Crippen molar-refractivity contribution in [3.05, 3.63) is 35.9 Å². The number of amides is 1. The van der Waals surface area contributed by atoms with Crippen LogP contribution in [-0.2, 0) is 4.79 Å². The molecule has 0 aromatic heterocycles. The lowest BCUT2D eigenvalue weighted by molar-refractivity contribution is -0.122. The molecule has 0 aliphatic carbocycles. The average molecular weight is 234 g/mol. The summed E-state index contributed by atoms with van der Waals surface area (Å²) in [7, 11) is 0. The Bertz CT molecular complexity index is 360. The smallest absolute Gasteiger partial charge is 0.241 e. The average Bonchev–Trinajstić information content (AvgIpc) is 2.36. The number of hydrogen-bond donors (Lipinski definition) is 2. The summed E-state index contributed by atoms with van der Waals surface area (Å²) < 4.78 is 0. The lowest BCUT2D eigenvalue weighted by Crippen LogP contribution is -2.39. The Morgan fingerprint density at radius 2 is 1.94 bits per heavy atom. The summed E-state index contributed by atoms with van der Waals surface area (Å²) in [5.74, 6) is -0.113. The number of nitrogens with two attached hydrogens (primary N) is 1. The zero-order valence-electron chi connectivity index (χ0n) is 10.9. The molecule has 3 N–H and O–H groups in total. The zero-order valence-corrected chi connectivity index (χ0v) is 10.9. The molecule has 3 heteroatoms. The van der Waals surface area contributed by atoms with E-state index < -0.39 is 6.04 Å². The van der Waals surface area contributed by atoms with Crippen molar-refractivity contribution in [1.29, 1.82) is 0 Å². The van der Waals surface area contributed by atoms with E-state index in [9.17, 15) is 4.79 Å². The second kappa shape index (κ2) is 5.82. The zero-order chi connectivity index (χ0) is 12.9. The van der Waals surface area contributed by atoms with Crippen LogP contribution in [0, 0.1) is 5.41 Å². The highest BCUT2D eigenvalue weighted by Crippen LogP contribution is 2.18. The van der Waals surface area contributed by atoms with Crippen molar-refractivity contribution < 1.29 is 4.79 Å². The minimum absolute atomic E-state index is 0.113. The molecule has 3 nitrogen and oxygen atoms in total. The molecule has 0 aliphatic rings. The summed E-state index contributed by atoms with van der Waals surface area (Å²) in [5.41, 5.74) is 6.86. The van der Waals surface area contributed by atoms with Gasteiger partial charge in [0.1, 0.15) is 6.04 Å². The van der Waals surface area contributed by atoms with Crippen molar-refractivity contribution in [2.75, 3.05) is 6.54 Å². The van der Waals surface area contributed by atoms with Gasteiger partial charge in [0.2, 0.25) is 5.91 Å². The van der Waals surface area contributed by atoms with Gasteiger partial charge in [0.15, 0.2) is 0 Å². The van der Waals surface area contributed by atoms with Gasteiger partial charge >= 0.3 is 0 Å². The van der Waals surface area contributed by atoms with E-state index in [-0.39, 0.29) is 11.3 Å². The van der Waals surface area contributed by atoms with Crippen molar-refractivity contribution in [2.24, 2.45) is 11.1 Å². The van der Waals surface area contributed by atoms with Gasteiger partial charge in [0.05, 0.1) is 0 Å². The predicted molar refractivity (Wildman–Crippen MR) is 70.5 cm³/mol. The Balaban J connectivity index is 2.54. The van der Waals surface area contributed by atoms with Gasteiger partial charge in [-0.25, -0.2) is 0 Å². The lowest BCUT2D eigenvalue weighted by Gasteiger charge is -2.24. The SMILES string of the molecule is CCC(C)(C)CNC(=O)C(N)c1ccccc1. The molecule has 94 valence electrons. The Morgan fingerprint density at radius 3 is 2.47 bits per heavy atom. The molecule has 1 atom stereocenters. The second-order valence-corrected chi connectivity index (χ2v) is 5.12. The summed E-state index contributed by atoms with van der Waals surface area (Å²) in [6.07, 6.45) is 1.02. The first-order valence-electron chi connectivity index (χ1n) is 6.04. The molecule has 0 aliphatic heterocycles. The van der Waals surface area contributed by atoms with Crippen molar-refractivity contribution in [3.63, 3.8) is 0 Å². The first kappa shape index (κ1) is 13.7. The van der Waals surface area contributed by atoms with E-state index in [2.05, 4.69) is 26.1 Å². The lowest BCUT2D eigenvalue weighted by atomic mass is 9.90. The Hall–Kier alpha value is -1.35. The predicted octanol–water partition coefficient (Wildman–Crippen LogP) is 2.24. The summed E-state index contributed by atoms with van der Waals surface area (Å²) in [5, 5.41) is 2.91. The van der Waals surface area contributed by atoms with Crippen LogP contribution in [0.2, 0.25) is 0 Å². The second-order valence-electron chi connectivity index (χ2n) is 5.12. The highest BCUT2D eigenvalue weighted by atomic mass is 16.2. The largest absolute Gasteiger partial charge is 0.354 e. The van der Waals surface area contributed by atoms with Gasteiger partial charge in [0.25, 0.3) is 0 Å². The van der Waals surface area contributed by atoms with E-state index >= 15 is 0 Å². The third kappa shape index (κ3) is 4.19. The van der Waals surface area contributed by atoms with Crippen LogP contribution in [0.1, 0.15) is 38.8 Å². The van der Waals surface area contributed by atoms with Crippen LogP contribution in [0.5, 0.6) is 0 Å². The Kier molecular flexibility index (Phi) is 4.70. The van der Waals surface area contributed by atoms with Crippen LogP contribution >= 0.6 is 0 Å². The van der Waals surface area contributed by atoms with Crippen molar-refractivity contribution in [1.82, 2.24) is 5.32 Å². The molecule has 0 saturated carbocycles. The molecular formula is C14H22N2O. The van der Waals surface area contributed by atoms with Crippen LogP contribution in [-0.4, -0.2) is 12.5 Å². The quantitative estimate of drug-likeness (QED) is 0.821. The number of rotatable bonds is 5. The number of hydrogen-bond acceptors (Lipinski definition) is 2. The fourth-order valence-corrected chi connectivity index (χ4v) is 1.37. The van der Waals surface area contributed by atoms with Gasteiger partial charge in [-0.2, -0.15) is 0 Å². The molecule has 0 fully saturated rings. The van der Waals surface area contributed by atoms with E-state index in [0.29, 0.717) is 6.54 Å². The van der Waals surface area contributed by atoms with E-state index in [1.54, 1.807) is 0 Å². The first-order valence-corrected chi connectivity index (χ1v) is 6.04. The van der Waals surface area contributed by atoms with Crippen molar-refractivity contribution in [3.8, 4) is 0 Å². The van der Waals surface area contributed by atoms with Gasteiger partial charge in [-0.05, 0) is 17.4 Å². The summed E-state index contributed by atoms with van der Waals surface area (Å²) in [6, 6.07) is 8.85. The van der Waals surface area contributed by atoms with Gasteiger partial charge in [-0.1, -0.05) is 51.1 Å². The number of carbonyl (C=O) groups is 1. The number of carbonyl (C=O) groups excluding carboxylic acids is 1. The first-order chi connectivity index (χ1) is 7.96. The third-order valence-corrected chi connectivity index (χ3v) is 3.14. The maximum atomic E-state index is 11.9. The Labute approximate surface area is 103 Å². The van der Waals surface area contributed by atoms with E-state index in [1.807, 2.05) is 30.3 Å². The molecule has 0 bridgehead atoms. The van der Waals surface area contributed by atoms with Crippen molar-refractivity contribution in [2.45, 2.75) is 33.2 Å². The standard InChI is InChI=1S/C14H22N2O/c1-4-14(2,3)10-16-13(17)12(15)11-8-6-5-7-9-11/h5-9,12H,4,10,15H2,1-3H3,(H,16,17). The minimum atomic E-state index is -0.580. The summed E-state index contributed by atoms with van der Waals surface area (Å²) >= 11 is 0. The molecule has 1 aromatic carbocycles. The summed E-state index contributed by atoms with van der Waals surface area (Å²) in [4.78, 5) is 11.9. The van der Waals surface area contributed by atoms with Crippen LogP contribution in [0.4, 0.5) is 0 Å². The maximum Gasteiger partial charge on any atom is 0.241 e. The van der Waals surface area contributed by atoms with Crippen LogP contribution < -0.4 is 11.1 Å². The number of benzene rings is 1. The Morgan fingerprint density at radius 1 is 1.35 bits per heavy atom. The maximum absolute atomic E-state index is 11.9. The molecule has 17 heavy (non-hydrogen) atoms. The molecule has 0 heterocycles. The fraction of sp³-hybridized carbons (Fsp3) is 0.500. The van der Waals surface area contributed by atoms with E-state index in [0.717, 1.165) is 12.0 Å². The molecule has 0 radical (unpaired) electrons. The molecule has 0 spiro atoms. The van der Waals surface area contributed by atoms with Gasteiger partial charge < -0.3 is 11.1 Å². The molecule has 1 rings (SSSR count). The molecule has 1 amide bonds. The molecule has 1 aromatic rings. The fourth-order valence-electron chi connectivity index (χ4n) is 1.37. The third-order valence-electron chi connectivity index (χ3n) is 3.14. The highest BCUT2D eigenvalue weighted by Gasteiger charge is 2.20. The normalized spacial score (nSPS) is 13.2. The van der Waals surface area contributed by atoms with Crippen molar-refractivity contribution >= 4 is 5.91 Å². The molecular weight excluding hydrogens is 212 g/mol. The highest BCUT2D eigenvalue weighted by molar-refractivity contribution is 5.82. The van der Waals surface area contributed by atoms with Crippen LogP contribution in [0.3, 0.4) is 0 Å². The minimum Gasteiger partial charge on any atom is -0.354 e. The van der Waals surface area contributed by atoms with Crippen LogP contribution in [0.15, 0.2) is 30.3 Å². The topological polar surface area (TPSA) is 55.1 Å². The number of nitrogens with one attached hydrogen (secondary N) is 1. The van der Waals surface area contributed by atoms with E-state index in [4.69, 9.17) is 5.73 Å². The van der Waals surface area contributed by atoms with Gasteiger partial charge in [-0.3, -0.25) is 4.79 Å². The van der Waals surface area contributed by atoms with E-state index in [1.165, 1.54) is 0 Å². The van der Waals surface area contributed by atoms with Crippen LogP contribution in [0.25, 0.3) is 0 Å². The molecule has 1 unspecified atom stereocenters. The molecule has 0 saturated heterocycles. The summed E-state index contributed by atoms with van der Waals surface area (Å²) in [6.45, 7) is 7.02.